The molecule has 3 aliphatic carbocycles. The molecule has 3 fully saturated rings. The molecule has 0 nitrogen and oxygen atoms in total. The summed E-state index contributed by atoms with van der Waals surface area (Å²) in [6.45, 7) is 0. The Morgan fingerprint density at radius 2 is 1.04 bits per heavy atom. The molecule has 3 aliphatic rings. The number of hydrogen-bond donors (Lipinski definition) is 0. The molecular weight excluding hydrogens is 316 g/mol. The zero-order valence-corrected chi connectivity index (χ0v) is 14.7. The Hall–Kier alpha value is -0.280. The van der Waals surface area contributed by atoms with Crippen molar-refractivity contribution in [3.05, 3.63) is 0 Å². The summed E-state index contributed by atoms with van der Waals surface area (Å²) in [4.78, 5) is 0. The van der Waals surface area contributed by atoms with E-state index in [0.29, 0.717) is 49.4 Å². The highest BCUT2D eigenvalue weighted by molar-refractivity contribution is 4.89. The van der Waals surface area contributed by atoms with Crippen LogP contribution in [-0.4, -0.2) is 11.8 Å². The van der Waals surface area contributed by atoms with Crippen molar-refractivity contribution >= 4 is 0 Å². The molecule has 140 valence electrons. The molecule has 0 amide bonds. The van der Waals surface area contributed by atoms with E-state index in [1.165, 1.54) is 32.1 Å². The Morgan fingerprint density at radius 1 is 0.625 bits per heavy atom. The fourth-order valence-electron chi connectivity index (χ4n) is 5.56. The van der Waals surface area contributed by atoms with E-state index >= 15 is 0 Å². The molecule has 4 heteroatoms. The Labute approximate surface area is 143 Å². The molecular formula is C20H32F4. The summed E-state index contributed by atoms with van der Waals surface area (Å²) in [5, 5.41) is 0. The highest BCUT2D eigenvalue weighted by Crippen LogP contribution is 2.49. The third kappa shape index (κ3) is 4.88. The fourth-order valence-corrected chi connectivity index (χ4v) is 5.56. The van der Waals surface area contributed by atoms with Gasteiger partial charge in [0.05, 0.1) is 0 Å². The van der Waals surface area contributed by atoms with Gasteiger partial charge in [0.2, 0.25) is 11.8 Å². The van der Waals surface area contributed by atoms with Crippen LogP contribution in [-0.2, 0) is 0 Å². The van der Waals surface area contributed by atoms with E-state index in [1.54, 1.807) is 0 Å². The molecule has 0 aliphatic heterocycles. The van der Waals surface area contributed by atoms with Gasteiger partial charge in [0.15, 0.2) is 0 Å². The zero-order valence-electron chi connectivity index (χ0n) is 14.7. The Bertz CT molecular complexity index is 352. The zero-order chi connectivity index (χ0) is 17.2. The predicted octanol–water partition coefficient (Wildman–Crippen LogP) is 7.22. The number of halogens is 4. The largest absolute Gasteiger partial charge is 0.248 e. The van der Waals surface area contributed by atoms with Crippen molar-refractivity contribution in [2.75, 3.05) is 0 Å². The maximum atomic E-state index is 13.5. The molecule has 0 aromatic carbocycles. The van der Waals surface area contributed by atoms with E-state index < -0.39 is 11.8 Å². The van der Waals surface area contributed by atoms with Crippen LogP contribution < -0.4 is 0 Å². The number of hydrogen-bond acceptors (Lipinski definition) is 0. The van der Waals surface area contributed by atoms with Crippen LogP contribution in [0.25, 0.3) is 0 Å². The molecule has 0 bridgehead atoms. The third-order valence-corrected chi connectivity index (χ3v) is 7.06. The molecule has 0 spiro atoms. The van der Waals surface area contributed by atoms with Crippen LogP contribution in [0.1, 0.15) is 89.9 Å². The van der Waals surface area contributed by atoms with Crippen molar-refractivity contribution in [1.29, 1.82) is 0 Å². The first-order valence-corrected chi connectivity index (χ1v) is 10.1. The summed E-state index contributed by atoms with van der Waals surface area (Å²) in [6, 6.07) is 0. The average Bonchev–Trinajstić information content (AvgIpc) is 2.54. The molecule has 0 atom stereocenters. The molecule has 24 heavy (non-hydrogen) atoms. The van der Waals surface area contributed by atoms with Crippen molar-refractivity contribution in [2.24, 2.45) is 23.7 Å². The lowest BCUT2D eigenvalue weighted by Gasteiger charge is -2.42. The van der Waals surface area contributed by atoms with Crippen molar-refractivity contribution in [1.82, 2.24) is 0 Å². The van der Waals surface area contributed by atoms with Crippen LogP contribution in [0.5, 0.6) is 0 Å². The number of rotatable bonds is 4. The molecule has 0 aromatic heterocycles. The minimum absolute atomic E-state index is 0.00170. The fraction of sp³-hybridized carbons (Fsp3) is 1.00. The van der Waals surface area contributed by atoms with Gasteiger partial charge >= 0.3 is 0 Å². The van der Waals surface area contributed by atoms with Crippen LogP contribution in [0, 0.1) is 23.7 Å². The molecule has 0 N–H and O–H groups in total. The van der Waals surface area contributed by atoms with Crippen molar-refractivity contribution in [2.45, 2.75) is 102 Å². The van der Waals surface area contributed by atoms with Crippen LogP contribution in [0.15, 0.2) is 0 Å². The standard InChI is InChI=1S/C20H32F4/c21-19(22)10-6-16(7-11-19)18(14-15-4-2-1-3-5-15)17-8-12-20(23,24)13-9-17/h15-18H,1-14H2. The van der Waals surface area contributed by atoms with E-state index in [4.69, 9.17) is 0 Å². The minimum Gasteiger partial charge on any atom is -0.207 e. The van der Waals surface area contributed by atoms with Crippen LogP contribution >= 0.6 is 0 Å². The first-order chi connectivity index (χ1) is 11.3. The van der Waals surface area contributed by atoms with E-state index in [0.717, 1.165) is 6.42 Å². The summed E-state index contributed by atoms with van der Waals surface area (Å²) in [5.41, 5.74) is 0. The predicted molar refractivity (Wildman–Crippen MR) is 88.5 cm³/mol. The smallest absolute Gasteiger partial charge is 0.207 e. The molecule has 0 unspecified atom stereocenters. The minimum atomic E-state index is -2.49. The average molecular weight is 348 g/mol. The molecule has 0 heterocycles. The van der Waals surface area contributed by atoms with Gasteiger partial charge in [-0.25, -0.2) is 17.6 Å². The molecule has 0 radical (unpaired) electrons. The van der Waals surface area contributed by atoms with E-state index in [9.17, 15) is 17.6 Å². The highest BCUT2D eigenvalue weighted by atomic mass is 19.3. The highest BCUT2D eigenvalue weighted by Gasteiger charge is 2.43. The lowest BCUT2D eigenvalue weighted by molar-refractivity contribution is -0.0757. The third-order valence-electron chi connectivity index (χ3n) is 7.06. The summed E-state index contributed by atoms with van der Waals surface area (Å²) in [6.07, 6.45) is 9.87. The van der Waals surface area contributed by atoms with Gasteiger partial charge in [-0.15, -0.1) is 0 Å². The van der Waals surface area contributed by atoms with Crippen molar-refractivity contribution in [3.63, 3.8) is 0 Å². The van der Waals surface area contributed by atoms with E-state index in [1.807, 2.05) is 0 Å². The molecule has 3 rings (SSSR count). The van der Waals surface area contributed by atoms with Crippen LogP contribution in [0.2, 0.25) is 0 Å². The quantitative estimate of drug-likeness (QED) is 0.470. The van der Waals surface area contributed by atoms with Crippen molar-refractivity contribution < 1.29 is 17.6 Å². The van der Waals surface area contributed by atoms with Crippen LogP contribution in [0.4, 0.5) is 17.6 Å². The van der Waals surface area contributed by atoms with Gasteiger partial charge in [-0.1, -0.05) is 32.1 Å². The molecule has 3 saturated carbocycles. The van der Waals surface area contributed by atoms with Gasteiger partial charge in [-0.3, -0.25) is 0 Å². The Kier molecular flexibility index (Phi) is 5.81. The Balaban J connectivity index is 1.64. The number of alkyl halides is 4. The molecule has 0 aromatic rings. The first-order valence-electron chi connectivity index (χ1n) is 10.1. The lowest BCUT2D eigenvalue weighted by Crippen LogP contribution is -2.36. The van der Waals surface area contributed by atoms with Gasteiger partial charge < -0.3 is 0 Å². The maximum absolute atomic E-state index is 13.5. The first kappa shape index (κ1) is 18.5. The van der Waals surface area contributed by atoms with Crippen LogP contribution in [0.3, 0.4) is 0 Å². The van der Waals surface area contributed by atoms with Gasteiger partial charge in [0.25, 0.3) is 0 Å². The van der Waals surface area contributed by atoms with Crippen molar-refractivity contribution in [3.8, 4) is 0 Å². The summed E-state index contributed by atoms with van der Waals surface area (Å²) >= 11 is 0. The summed E-state index contributed by atoms with van der Waals surface area (Å²) in [7, 11) is 0. The Morgan fingerprint density at radius 3 is 1.46 bits per heavy atom. The monoisotopic (exact) mass is 348 g/mol. The molecule has 0 saturated heterocycles. The van der Waals surface area contributed by atoms with Gasteiger partial charge in [-0.05, 0) is 55.8 Å². The summed E-state index contributed by atoms with van der Waals surface area (Å²) in [5.74, 6) is -3.21. The second-order valence-corrected chi connectivity index (χ2v) is 8.79. The van der Waals surface area contributed by atoms with Gasteiger partial charge in [-0.2, -0.15) is 0 Å². The SMILES string of the molecule is FC1(F)CCC(C(CC2CCCCC2)C2CCC(F)(F)CC2)CC1. The second kappa shape index (κ2) is 7.53. The van der Waals surface area contributed by atoms with E-state index in [2.05, 4.69) is 0 Å². The normalized spacial score (nSPS) is 29.9. The van der Waals surface area contributed by atoms with Gasteiger partial charge in [0.1, 0.15) is 0 Å². The topological polar surface area (TPSA) is 0 Å². The van der Waals surface area contributed by atoms with Gasteiger partial charge in [0, 0.05) is 25.7 Å². The lowest BCUT2D eigenvalue weighted by atomic mass is 9.65. The maximum Gasteiger partial charge on any atom is 0.248 e. The summed E-state index contributed by atoms with van der Waals surface area (Å²) < 4.78 is 54.2. The second-order valence-electron chi connectivity index (χ2n) is 8.79. The van der Waals surface area contributed by atoms with E-state index in [-0.39, 0.29) is 25.7 Å².